The molecule has 1 aliphatic heterocycles. The lowest BCUT2D eigenvalue weighted by Gasteiger charge is -2.22. The number of carbonyl (C=O) groups is 1. The van der Waals surface area contributed by atoms with Gasteiger partial charge in [-0.25, -0.2) is 4.98 Å². The molecule has 0 saturated heterocycles. The van der Waals surface area contributed by atoms with Crippen molar-refractivity contribution in [3.8, 4) is 0 Å². The van der Waals surface area contributed by atoms with Gasteiger partial charge in [-0.3, -0.25) is 9.59 Å². The monoisotopic (exact) mass is 313 g/mol. The van der Waals surface area contributed by atoms with E-state index in [9.17, 15) is 9.59 Å². The highest BCUT2D eigenvalue weighted by atomic mass is 16.2. The topological polar surface area (TPSA) is 66.1 Å². The first-order valence-corrected chi connectivity index (χ1v) is 9.01. The van der Waals surface area contributed by atoms with Gasteiger partial charge >= 0.3 is 0 Å². The van der Waals surface area contributed by atoms with E-state index < -0.39 is 0 Å². The standard InChI is InChI=1S/C18H23N3O2/c1-9-19-13-5-7-21(6-4-12(13)17(22)20-9)18(23)16-14-10-2-3-11(8-10)15(14)16/h10-11,14-16H,2-8H2,1H3,(H,19,20,22)/t10-,11-,14-,15+,16?/m1/s1. The zero-order valence-corrected chi connectivity index (χ0v) is 13.5. The van der Waals surface area contributed by atoms with Crippen LogP contribution in [0.2, 0.25) is 0 Å². The van der Waals surface area contributed by atoms with Gasteiger partial charge in [-0.2, -0.15) is 0 Å². The lowest BCUT2D eigenvalue weighted by atomic mass is 10.0. The Labute approximate surface area is 135 Å². The van der Waals surface area contributed by atoms with Crippen LogP contribution in [0.3, 0.4) is 0 Å². The van der Waals surface area contributed by atoms with Gasteiger partial charge in [0.1, 0.15) is 5.82 Å². The average molecular weight is 313 g/mol. The third-order valence-electron chi connectivity index (χ3n) is 6.80. The third-order valence-corrected chi connectivity index (χ3v) is 6.80. The van der Waals surface area contributed by atoms with Crippen molar-refractivity contribution in [2.75, 3.05) is 13.1 Å². The Hall–Kier alpha value is -1.65. The van der Waals surface area contributed by atoms with E-state index in [2.05, 4.69) is 9.97 Å². The van der Waals surface area contributed by atoms with Gasteiger partial charge in [-0.1, -0.05) is 0 Å². The number of carbonyl (C=O) groups excluding carboxylic acids is 1. The summed E-state index contributed by atoms with van der Waals surface area (Å²) in [6, 6.07) is 0. The largest absolute Gasteiger partial charge is 0.342 e. The van der Waals surface area contributed by atoms with Gasteiger partial charge < -0.3 is 9.88 Å². The number of amides is 1. The van der Waals surface area contributed by atoms with E-state index in [0.717, 1.165) is 23.1 Å². The lowest BCUT2D eigenvalue weighted by Crippen LogP contribution is -2.36. The molecule has 1 aromatic rings. The van der Waals surface area contributed by atoms with E-state index in [0.29, 0.717) is 55.4 Å². The number of rotatable bonds is 1. The maximum absolute atomic E-state index is 13.0. The van der Waals surface area contributed by atoms with Crippen molar-refractivity contribution in [3.63, 3.8) is 0 Å². The Morgan fingerprint density at radius 3 is 2.61 bits per heavy atom. The molecule has 1 amide bonds. The number of nitrogens with zero attached hydrogens (tertiary/aromatic N) is 2. The highest BCUT2D eigenvalue weighted by Crippen LogP contribution is 2.69. The van der Waals surface area contributed by atoms with E-state index in [1.165, 1.54) is 19.3 Å². The molecule has 1 N–H and O–H groups in total. The van der Waals surface area contributed by atoms with Gasteiger partial charge in [0.25, 0.3) is 5.56 Å². The molecule has 4 aliphatic rings. The molecule has 2 bridgehead atoms. The van der Waals surface area contributed by atoms with Crippen LogP contribution < -0.4 is 5.56 Å². The highest BCUT2D eigenvalue weighted by Gasteiger charge is 2.67. The number of aryl methyl sites for hydroxylation is 1. The predicted octanol–water partition coefficient (Wildman–Crippen LogP) is 1.30. The molecule has 3 saturated carbocycles. The van der Waals surface area contributed by atoms with Crippen molar-refractivity contribution in [3.05, 3.63) is 27.4 Å². The molecule has 5 nitrogen and oxygen atoms in total. The normalized spacial score (nSPS) is 37.3. The molecule has 1 unspecified atom stereocenters. The van der Waals surface area contributed by atoms with Crippen LogP contribution in [0.15, 0.2) is 4.79 Å². The minimum Gasteiger partial charge on any atom is -0.342 e. The Morgan fingerprint density at radius 2 is 1.87 bits per heavy atom. The number of nitrogens with one attached hydrogen (secondary N) is 1. The van der Waals surface area contributed by atoms with Gasteiger partial charge in [0.15, 0.2) is 0 Å². The zero-order chi connectivity index (χ0) is 15.7. The molecule has 5 rings (SSSR count). The minimum atomic E-state index is -0.0249. The summed E-state index contributed by atoms with van der Waals surface area (Å²) in [5.74, 6) is 4.37. The molecule has 5 atom stereocenters. The number of hydrogen-bond donors (Lipinski definition) is 1. The van der Waals surface area contributed by atoms with Gasteiger partial charge in [-0.15, -0.1) is 0 Å². The Balaban J connectivity index is 1.33. The minimum absolute atomic E-state index is 0.0249. The van der Waals surface area contributed by atoms with Crippen molar-refractivity contribution in [1.29, 1.82) is 0 Å². The molecule has 122 valence electrons. The van der Waals surface area contributed by atoms with Crippen LogP contribution in [0.4, 0.5) is 0 Å². The molecule has 23 heavy (non-hydrogen) atoms. The van der Waals surface area contributed by atoms with E-state index in [1.807, 2.05) is 11.8 Å². The van der Waals surface area contributed by atoms with Crippen LogP contribution in [0, 0.1) is 36.5 Å². The van der Waals surface area contributed by atoms with E-state index in [4.69, 9.17) is 0 Å². The van der Waals surface area contributed by atoms with Crippen molar-refractivity contribution < 1.29 is 4.79 Å². The molecule has 2 heterocycles. The fraction of sp³-hybridized carbons (Fsp3) is 0.722. The molecule has 0 spiro atoms. The summed E-state index contributed by atoms with van der Waals surface area (Å²) >= 11 is 0. The first-order valence-electron chi connectivity index (χ1n) is 9.01. The summed E-state index contributed by atoms with van der Waals surface area (Å²) in [5.41, 5.74) is 1.64. The first kappa shape index (κ1) is 13.8. The highest BCUT2D eigenvalue weighted by molar-refractivity contribution is 5.83. The Bertz CT molecular complexity index is 724. The van der Waals surface area contributed by atoms with Crippen molar-refractivity contribution >= 4 is 5.91 Å². The number of H-pyrrole nitrogens is 1. The van der Waals surface area contributed by atoms with E-state index in [-0.39, 0.29) is 5.56 Å². The molecule has 0 aromatic carbocycles. The van der Waals surface area contributed by atoms with Crippen LogP contribution in [-0.4, -0.2) is 33.9 Å². The molecule has 3 fully saturated rings. The molecular formula is C18H23N3O2. The summed E-state index contributed by atoms with van der Waals surface area (Å²) < 4.78 is 0. The van der Waals surface area contributed by atoms with Crippen LogP contribution in [0.5, 0.6) is 0 Å². The third kappa shape index (κ3) is 1.95. The molecular weight excluding hydrogens is 290 g/mol. The van der Waals surface area contributed by atoms with Crippen molar-refractivity contribution in [1.82, 2.24) is 14.9 Å². The SMILES string of the molecule is Cc1nc2c(c(=O)[nH]1)CCN(C(=O)C1[C@@H]3[C@@H]4CC[C@H](C4)[C@H]13)CC2. The number of hydrogen-bond acceptors (Lipinski definition) is 3. The average Bonchev–Trinajstić information content (AvgIpc) is 3.06. The Kier molecular flexibility index (Phi) is 2.80. The molecule has 0 radical (unpaired) electrons. The van der Waals surface area contributed by atoms with Crippen LogP contribution in [-0.2, 0) is 17.6 Å². The number of aromatic nitrogens is 2. The molecule has 5 heteroatoms. The van der Waals surface area contributed by atoms with Gasteiger partial charge in [0, 0.05) is 31.0 Å². The quantitative estimate of drug-likeness (QED) is 0.850. The molecule has 3 aliphatic carbocycles. The summed E-state index contributed by atoms with van der Waals surface area (Å²) in [5, 5.41) is 0. The van der Waals surface area contributed by atoms with E-state index >= 15 is 0 Å². The van der Waals surface area contributed by atoms with Crippen LogP contribution in [0.25, 0.3) is 0 Å². The first-order chi connectivity index (χ1) is 11.1. The Morgan fingerprint density at radius 1 is 1.17 bits per heavy atom. The fourth-order valence-corrected chi connectivity index (χ4v) is 5.82. The second-order valence-electron chi connectivity index (χ2n) is 7.92. The van der Waals surface area contributed by atoms with Gasteiger partial charge in [0.2, 0.25) is 5.91 Å². The maximum atomic E-state index is 13.0. The second kappa shape index (κ2) is 4.68. The number of fused-ring (bicyclic) bond motifs is 6. The second-order valence-corrected chi connectivity index (χ2v) is 7.92. The number of aromatic amines is 1. The van der Waals surface area contributed by atoms with Crippen molar-refractivity contribution in [2.45, 2.75) is 39.0 Å². The molecule has 1 aromatic heterocycles. The summed E-state index contributed by atoms with van der Waals surface area (Å²) in [6.45, 7) is 3.20. The summed E-state index contributed by atoms with van der Waals surface area (Å²) in [4.78, 5) is 34.4. The summed E-state index contributed by atoms with van der Waals surface area (Å²) in [6.07, 6.45) is 5.42. The predicted molar refractivity (Wildman–Crippen MR) is 84.9 cm³/mol. The summed E-state index contributed by atoms with van der Waals surface area (Å²) in [7, 11) is 0. The van der Waals surface area contributed by atoms with Crippen molar-refractivity contribution in [2.24, 2.45) is 29.6 Å². The zero-order valence-electron chi connectivity index (χ0n) is 13.5. The van der Waals surface area contributed by atoms with Crippen LogP contribution >= 0.6 is 0 Å². The fourth-order valence-electron chi connectivity index (χ4n) is 5.82. The maximum Gasteiger partial charge on any atom is 0.254 e. The van der Waals surface area contributed by atoms with Gasteiger partial charge in [-0.05, 0) is 56.3 Å². The van der Waals surface area contributed by atoms with E-state index in [1.54, 1.807) is 0 Å². The smallest absolute Gasteiger partial charge is 0.254 e. The van der Waals surface area contributed by atoms with Crippen LogP contribution in [0.1, 0.15) is 36.3 Å². The van der Waals surface area contributed by atoms with Gasteiger partial charge in [0.05, 0.1) is 5.69 Å². The lowest BCUT2D eigenvalue weighted by molar-refractivity contribution is -0.133.